The minimum absolute atomic E-state index is 0.0654. The number of urea groups is 1. The number of likely N-dealkylation sites (tertiary alicyclic amines) is 1. The van der Waals surface area contributed by atoms with Gasteiger partial charge >= 0.3 is 6.03 Å². The normalized spacial score (nSPS) is 21.0. The third kappa shape index (κ3) is 3.91. The minimum Gasteiger partial charge on any atom is -0.385 e. The number of methoxy groups -OCH3 is 1. The molecule has 1 aromatic heterocycles. The lowest BCUT2D eigenvalue weighted by atomic mass is 9.85. The van der Waals surface area contributed by atoms with Crippen molar-refractivity contribution in [1.29, 1.82) is 0 Å². The number of hydrogen-bond acceptors (Lipinski definition) is 5. The SMILES string of the molecule is CCC(C)N1CCC2(CC1)C(=O)N(Cc1ccccn1)C(=O)N2CCCOC. The average molecular weight is 389 g/mol. The molecule has 0 aromatic carbocycles. The summed E-state index contributed by atoms with van der Waals surface area (Å²) in [5, 5.41) is 0. The van der Waals surface area contributed by atoms with Gasteiger partial charge in [0.05, 0.1) is 12.2 Å². The topological polar surface area (TPSA) is 66.0 Å². The zero-order valence-corrected chi connectivity index (χ0v) is 17.3. The first kappa shape index (κ1) is 20.7. The summed E-state index contributed by atoms with van der Waals surface area (Å²) in [5.41, 5.74) is 0.0129. The van der Waals surface area contributed by atoms with Gasteiger partial charge in [-0.3, -0.25) is 14.7 Å². The lowest BCUT2D eigenvalue weighted by molar-refractivity contribution is -0.136. The van der Waals surface area contributed by atoms with Crippen LogP contribution in [0.2, 0.25) is 0 Å². The molecule has 2 aliphatic rings. The maximum Gasteiger partial charge on any atom is 0.328 e. The molecule has 0 aliphatic carbocycles. The Kier molecular flexibility index (Phi) is 6.67. The summed E-state index contributed by atoms with van der Waals surface area (Å²) in [7, 11) is 1.66. The molecule has 0 radical (unpaired) electrons. The Morgan fingerprint density at radius 1 is 1.25 bits per heavy atom. The number of aromatic nitrogens is 1. The molecule has 0 saturated carbocycles. The summed E-state index contributed by atoms with van der Waals surface area (Å²) < 4.78 is 5.17. The number of amides is 3. The molecule has 2 fully saturated rings. The maximum atomic E-state index is 13.5. The van der Waals surface area contributed by atoms with E-state index in [1.807, 2.05) is 23.1 Å². The Morgan fingerprint density at radius 3 is 2.61 bits per heavy atom. The minimum atomic E-state index is -0.719. The molecular weight excluding hydrogens is 356 g/mol. The molecule has 1 aromatic rings. The van der Waals surface area contributed by atoms with Crippen LogP contribution in [0.5, 0.6) is 0 Å². The summed E-state index contributed by atoms with van der Waals surface area (Å²) in [6.45, 7) is 7.44. The number of carbonyl (C=O) groups is 2. The van der Waals surface area contributed by atoms with Crippen LogP contribution in [0.3, 0.4) is 0 Å². The standard InChI is InChI=1S/C21H32N4O3/c1-4-17(2)23-13-9-21(10-14-23)19(26)24(16-18-8-5-6-11-22-18)20(27)25(21)12-7-15-28-3/h5-6,8,11,17H,4,7,9-10,12-16H2,1-3H3. The van der Waals surface area contributed by atoms with Gasteiger partial charge in [0, 0.05) is 45.6 Å². The Hall–Kier alpha value is -1.99. The van der Waals surface area contributed by atoms with Gasteiger partial charge in [0.15, 0.2) is 0 Å². The molecule has 2 aliphatic heterocycles. The first-order valence-corrected chi connectivity index (χ1v) is 10.3. The predicted octanol–water partition coefficient (Wildman–Crippen LogP) is 2.52. The molecule has 0 bridgehead atoms. The van der Waals surface area contributed by atoms with Gasteiger partial charge in [-0.25, -0.2) is 4.79 Å². The number of carbonyl (C=O) groups excluding carboxylic acids is 2. The maximum absolute atomic E-state index is 13.5. The highest BCUT2D eigenvalue weighted by Gasteiger charge is 2.57. The number of imide groups is 1. The Labute approximate surface area is 167 Å². The molecule has 154 valence electrons. The van der Waals surface area contributed by atoms with Crippen molar-refractivity contribution in [3.05, 3.63) is 30.1 Å². The second-order valence-electron chi connectivity index (χ2n) is 7.82. The summed E-state index contributed by atoms with van der Waals surface area (Å²) in [4.78, 5) is 36.6. The molecule has 3 rings (SSSR count). The Bertz CT molecular complexity index is 673. The van der Waals surface area contributed by atoms with Crippen molar-refractivity contribution in [1.82, 2.24) is 19.7 Å². The zero-order chi connectivity index (χ0) is 20.1. The molecule has 1 spiro atoms. The highest BCUT2D eigenvalue weighted by atomic mass is 16.5. The molecule has 1 unspecified atom stereocenters. The van der Waals surface area contributed by atoms with E-state index in [-0.39, 0.29) is 18.5 Å². The highest BCUT2D eigenvalue weighted by Crippen LogP contribution is 2.38. The molecule has 1 atom stereocenters. The third-order valence-corrected chi connectivity index (χ3v) is 6.24. The quantitative estimate of drug-likeness (QED) is 0.506. The van der Waals surface area contributed by atoms with Crippen LogP contribution in [0, 0.1) is 0 Å². The van der Waals surface area contributed by atoms with Gasteiger partial charge in [-0.15, -0.1) is 0 Å². The zero-order valence-electron chi connectivity index (χ0n) is 17.3. The van der Waals surface area contributed by atoms with E-state index in [2.05, 4.69) is 23.7 Å². The van der Waals surface area contributed by atoms with E-state index in [0.29, 0.717) is 32.0 Å². The highest BCUT2D eigenvalue weighted by molar-refractivity contribution is 6.07. The van der Waals surface area contributed by atoms with Gasteiger partial charge in [0.2, 0.25) is 0 Å². The second kappa shape index (κ2) is 9.01. The fraction of sp³-hybridized carbons (Fsp3) is 0.667. The molecule has 28 heavy (non-hydrogen) atoms. The van der Waals surface area contributed by atoms with Crippen LogP contribution in [-0.2, 0) is 16.1 Å². The van der Waals surface area contributed by atoms with Gasteiger partial charge < -0.3 is 14.5 Å². The first-order valence-electron chi connectivity index (χ1n) is 10.3. The third-order valence-electron chi connectivity index (χ3n) is 6.24. The van der Waals surface area contributed by atoms with E-state index in [1.54, 1.807) is 13.3 Å². The van der Waals surface area contributed by atoms with Crippen LogP contribution in [0.25, 0.3) is 0 Å². The number of rotatable bonds is 8. The smallest absolute Gasteiger partial charge is 0.328 e. The molecule has 3 amide bonds. The molecule has 7 nitrogen and oxygen atoms in total. The van der Waals surface area contributed by atoms with Gasteiger partial charge in [-0.1, -0.05) is 13.0 Å². The van der Waals surface area contributed by atoms with E-state index in [4.69, 9.17) is 4.74 Å². The van der Waals surface area contributed by atoms with Gasteiger partial charge in [-0.2, -0.15) is 0 Å². The van der Waals surface area contributed by atoms with Crippen molar-refractivity contribution in [2.75, 3.05) is 33.4 Å². The number of hydrogen-bond donors (Lipinski definition) is 0. The van der Waals surface area contributed by atoms with Crippen LogP contribution in [0.1, 0.15) is 45.2 Å². The Morgan fingerprint density at radius 2 is 2.00 bits per heavy atom. The molecule has 7 heteroatoms. The van der Waals surface area contributed by atoms with Crippen LogP contribution in [-0.4, -0.2) is 76.6 Å². The molecule has 0 N–H and O–H groups in total. The van der Waals surface area contributed by atoms with Gasteiger partial charge in [0.1, 0.15) is 5.54 Å². The van der Waals surface area contributed by atoms with Crippen molar-refractivity contribution in [2.45, 2.75) is 57.7 Å². The van der Waals surface area contributed by atoms with E-state index in [1.165, 1.54) is 4.90 Å². The molecule has 3 heterocycles. The first-order chi connectivity index (χ1) is 13.5. The van der Waals surface area contributed by atoms with E-state index < -0.39 is 5.54 Å². The number of piperidine rings is 1. The van der Waals surface area contributed by atoms with Crippen molar-refractivity contribution in [3.63, 3.8) is 0 Å². The number of ether oxygens (including phenoxy) is 1. The Balaban J connectivity index is 1.81. The van der Waals surface area contributed by atoms with Crippen molar-refractivity contribution >= 4 is 11.9 Å². The van der Waals surface area contributed by atoms with E-state index >= 15 is 0 Å². The monoisotopic (exact) mass is 388 g/mol. The van der Waals surface area contributed by atoms with Crippen molar-refractivity contribution in [2.24, 2.45) is 0 Å². The second-order valence-corrected chi connectivity index (χ2v) is 7.82. The average Bonchev–Trinajstić information content (AvgIpc) is 2.91. The van der Waals surface area contributed by atoms with Crippen LogP contribution < -0.4 is 0 Å². The molecule has 2 saturated heterocycles. The summed E-state index contributed by atoms with van der Waals surface area (Å²) in [6.07, 6.45) is 4.88. The van der Waals surface area contributed by atoms with Crippen molar-refractivity contribution in [3.8, 4) is 0 Å². The predicted molar refractivity (Wildman–Crippen MR) is 107 cm³/mol. The van der Waals surface area contributed by atoms with Gasteiger partial charge in [0.25, 0.3) is 5.91 Å². The lowest BCUT2D eigenvalue weighted by Crippen LogP contribution is -2.57. The number of pyridine rings is 1. The largest absolute Gasteiger partial charge is 0.385 e. The summed E-state index contributed by atoms with van der Waals surface area (Å²) in [6, 6.07) is 5.87. The summed E-state index contributed by atoms with van der Waals surface area (Å²) >= 11 is 0. The van der Waals surface area contributed by atoms with Crippen LogP contribution in [0.4, 0.5) is 4.79 Å². The fourth-order valence-corrected chi connectivity index (χ4v) is 4.33. The molecular formula is C21H32N4O3. The van der Waals surface area contributed by atoms with E-state index in [9.17, 15) is 9.59 Å². The van der Waals surface area contributed by atoms with Gasteiger partial charge in [-0.05, 0) is 44.7 Å². The van der Waals surface area contributed by atoms with Crippen molar-refractivity contribution < 1.29 is 14.3 Å². The van der Waals surface area contributed by atoms with Crippen LogP contribution in [0.15, 0.2) is 24.4 Å². The summed E-state index contributed by atoms with van der Waals surface area (Å²) in [5.74, 6) is -0.0654. The van der Waals surface area contributed by atoms with Crippen LogP contribution >= 0.6 is 0 Å². The van der Waals surface area contributed by atoms with E-state index in [0.717, 1.165) is 31.6 Å². The fourth-order valence-electron chi connectivity index (χ4n) is 4.33. The lowest BCUT2D eigenvalue weighted by Gasteiger charge is -2.44. The number of nitrogens with zero attached hydrogens (tertiary/aromatic N) is 4.